The number of carbonyl (C=O) groups excluding carboxylic acids is 2. The Morgan fingerprint density at radius 1 is 0.971 bits per heavy atom. The molecular weight excluding hydrogens is 458 g/mol. The normalized spacial score (nSPS) is 13.7. The molecule has 0 saturated heterocycles. The predicted octanol–water partition coefficient (Wildman–Crippen LogP) is 5.61. The summed E-state index contributed by atoms with van der Waals surface area (Å²) in [7, 11) is 1.60. The Morgan fingerprint density at radius 2 is 1.69 bits per heavy atom. The van der Waals surface area contributed by atoms with E-state index in [0.29, 0.717) is 22.0 Å². The third-order valence-electron chi connectivity index (χ3n) is 5.79. The molecule has 176 valence electrons. The number of hydrogen-bond donors (Lipinski definition) is 2. The van der Waals surface area contributed by atoms with Gasteiger partial charge in [-0.3, -0.25) is 9.59 Å². The molecule has 0 spiro atoms. The van der Waals surface area contributed by atoms with Crippen LogP contribution in [0, 0.1) is 0 Å². The first kappa shape index (κ1) is 22.9. The van der Waals surface area contributed by atoms with Crippen LogP contribution in [0.5, 0.6) is 5.75 Å². The zero-order valence-corrected chi connectivity index (χ0v) is 20.0. The van der Waals surface area contributed by atoms with Gasteiger partial charge >= 0.3 is 0 Å². The van der Waals surface area contributed by atoms with Crippen molar-refractivity contribution in [1.29, 1.82) is 0 Å². The Kier molecular flexibility index (Phi) is 6.68. The Morgan fingerprint density at radius 3 is 2.40 bits per heavy atom. The van der Waals surface area contributed by atoms with Gasteiger partial charge in [0.2, 0.25) is 5.91 Å². The summed E-state index contributed by atoms with van der Waals surface area (Å²) in [4.78, 5) is 31.2. The van der Waals surface area contributed by atoms with E-state index in [1.54, 1.807) is 37.4 Å². The van der Waals surface area contributed by atoms with Gasteiger partial charge in [0.15, 0.2) is 0 Å². The first-order valence-electron chi connectivity index (χ1n) is 11.5. The smallest absolute Gasteiger partial charge is 0.252 e. The van der Waals surface area contributed by atoms with Gasteiger partial charge in [-0.05, 0) is 54.8 Å². The van der Waals surface area contributed by atoms with E-state index in [1.807, 2.05) is 54.6 Å². The van der Waals surface area contributed by atoms with Gasteiger partial charge in [0.1, 0.15) is 11.0 Å². The van der Waals surface area contributed by atoms with Crippen molar-refractivity contribution in [3.8, 4) is 5.75 Å². The standard InChI is InChI=1S/C28H25N3O3S/c1-34-21-15-13-20(14-16-21)30-28(33)26(18-7-3-2-4-8-18)35-25-17-23(27(32)29-19-11-12-19)22-9-5-6-10-24(22)31-25/h2-10,13-17,19,26H,11-12H2,1H3,(H,29,32)(H,30,33). The minimum absolute atomic E-state index is 0.105. The SMILES string of the molecule is COc1ccc(NC(=O)C(Sc2cc(C(=O)NC3CC3)c3ccccc3n2)c2ccccc2)cc1. The molecule has 5 rings (SSSR count). The molecule has 2 N–H and O–H groups in total. The molecule has 3 aromatic carbocycles. The molecule has 1 fully saturated rings. The topological polar surface area (TPSA) is 80.3 Å². The minimum atomic E-state index is -0.564. The molecule has 7 heteroatoms. The summed E-state index contributed by atoms with van der Waals surface area (Å²) in [5.74, 6) is 0.437. The summed E-state index contributed by atoms with van der Waals surface area (Å²) in [6, 6.07) is 26.4. The average Bonchev–Trinajstić information content (AvgIpc) is 3.71. The van der Waals surface area contributed by atoms with Crippen LogP contribution in [0.15, 0.2) is 90.0 Å². The fraction of sp³-hybridized carbons (Fsp3) is 0.179. The molecule has 0 radical (unpaired) electrons. The zero-order valence-electron chi connectivity index (χ0n) is 19.2. The number of amides is 2. The lowest BCUT2D eigenvalue weighted by atomic mass is 10.1. The molecule has 1 unspecified atom stereocenters. The highest BCUT2D eigenvalue weighted by Crippen LogP contribution is 2.37. The molecule has 0 bridgehead atoms. The van der Waals surface area contributed by atoms with Crippen LogP contribution in [0.1, 0.15) is 34.0 Å². The summed E-state index contributed by atoms with van der Waals surface area (Å²) in [5, 5.41) is 6.92. The van der Waals surface area contributed by atoms with E-state index >= 15 is 0 Å². The maximum absolute atomic E-state index is 13.4. The number of hydrogen-bond acceptors (Lipinski definition) is 5. The van der Waals surface area contributed by atoms with Gasteiger partial charge in [0.05, 0.1) is 23.2 Å². The Hall–Kier alpha value is -3.84. The van der Waals surface area contributed by atoms with Gasteiger partial charge in [0, 0.05) is 17.1 Å². The first-order chi connectivity index (χ1) is 17.1. The highest BCUT2D eigenvalue weighted by molar-refractivity contribution is 8.00. The number of nitrogens with zero attached hydrogens (tertiary/aromatic N) is 1. The van der Waals surface area contributed by atoms with E-state index in [9.17, 15) is 9.59 Å². The zero-order chi connectivity index (χ0) is 24.2. The molecule has 6 nitrogen and oxygen atoms in total. The number of benzene rings is 3. The van der Waals surface area contributed by atoms with Crippen molar-refractivity contribution in [3.05, 3.63) is 96.1 Å². The lowest BCUT2D eigenvalue weighted by Crippen LogP contribution is -2.25. The number of nitrogens with one attached hydrogen (secondary N) is 2. The fourth-order valence-electron chi connectivity index (χ4n) is 3.79. The van der Waals surface area contributed by atoms with Gasteiger partial charge < -0.3 is 15.4 Å². The number of rotatable bonds is 8. The summed E-state index contributed by atoms with van der Waals surface area (Å²) in [6.07, 6.45) is 2.02. The van der Waals surface area contributed by atoms with Crippen LogP contribution in [0.25, 0.3) is 10.9 Å². The third-order valence-corrected chi connectivity index (χ3v) is 6.96. The second-order valence-electron chi connectivity index (χ2n) is 8.40. The molecule has 35 heavy (non-hydrogen) atoms. The number of carbonyl (C=O) groups is 2. The van der Waals surface area contributed by atoms with Crippen molar-refractivity contribution in [2.75, 3.05) is 12.4 Å². The van der Waals surface area contributed by atoms with Gasteiger partial charge in [-0.15, -0.1) is 0 Å². The number of fused-ring (bicyclic) bond motifs is 1. The van der Waals surface area contributed by atoms with Crippen LogP contribution in [0.2, 0.25) is 0 Å². The van der Waals surface area contributed by atoms with Crippen molar-refractivity contribution in [2.24, 2.45) is 0 Å². The van der Waals surface area contributed by atoms with Gasteiger partial charge in [-0.25, -0.2) is 4.98 Å². The van der Waals surface area contributed by atoms with Crippen LogP contribution in [0.3, 0.4) is 0 Å². The van der Waals surface area contributed by atoms with E-state index in [-0.39, 0.29) is 17.9 Å². The predicted molar refractivity (Wildman–Crippen MR) is 139 cm³/mol. The molecule has 0 aliphatic heterocycles. The number of para-hydroxylation sites is 1. The summed E-state index contributed by atoms with van der Waals surface area (Å²) in [5.41, 5.74) is 2.82. The Balaban J connectivity index is 1.47. The van der Waals surface area contributed by atoms with E-state index in [0.717, 1.165) is 29.3 Å². The monoisotopic (exact) mass is 483 g/mol. The van der Waals surface area contributed by atoms with Crippen LogP contribution in [-0.4, -0.2) is 29.9 Å². The molecule has 1 saturated carbocycles. The fourth-order valence-corrected chi connectivity index (χ4v) is 4.83. The number of methoxy groups -OCH3 is 1. The van der Waals surface area contributed by atoms with E-state index in [2.05, 4.69) is 10.6 Å². The van der Waals surface area contributed by atoms with Gasteiger partial charge in [-0.2, -0.15) is 0 Å². The van der Waals surface area contributed by atoms with Gasteiger partial charge in [-0.1, -0.05) is 60.3 Å². The van der Waals surface area contributed by atoms with E-state index < -0.39 is 5.25 Å². The van der Waals surface area contributed by atoms with Crippen LogP contribution in [-0.2, 0) is 4.79 Å². The quantitative estimate of drug-likeness (QED) is 0.319. The summed E-state index contributed by atoms with van der Waals surface area (Å²) in [6.45, 7) is 0. The molecule has 4 aromatic rings. The highest BCUT2D eigenvalue weighted by Gasteiger charge is 2.27. The van der Waals surface area contributed by atoms with Crippen LogP contribution in [0.4, 0.5) is 5.69 Å². The lowest BCUT2D eigenvalue weighted by molar-refractivity contribution is -0.115. The van der Waals surface area contributed by atoms with Gasteiger partial charge in [0.25, 0.3) is 5.91 Å². The lowest BCUT2D eigenvalue weighted by Gasteiger charge is -2.18. The number of ether oxygens (including phenoxy) is 1. The molecular formula is C28H25N3O3S. The van der Waals surface area contributed by atoms with Crippen molar-refractivity contribution < 1.29 is 14.3 Å². The minimum Gasteiger partial charge on any atom is -0.497 e. The largest absolute Gasteiger partial charge is 0.497 e. The third kappa shape index (κ3) is 5.46. The van der Waals surface area contributed by atoms with Crippen LogP contribution >= 0.6 is 11.8 Å². The van der Waals surface area contributed by atoms with Crippen molar-refractivity contribution in [3.63, 3.8) is 0 Å². The van der Waals surface area contributed by atoms with E-state index in [1.165, 1.54) is 11.8 Å². The van der Waals surface area contributed by atoms with Crippen molar-refractivity contribution in [1.82, 2.24) is 10.3 Å². The summed E-state index contributed by atoms with van der Waals surface area (Å²) < 4.78 is 5.21. The average molecular weight is 484 g/mol. The second-order valence-corrected chi connectivity index (χ2v) is 9.52. The number of anilines is 1. The molecule has 1 atom stereocenters. The number of thioether (sulfide) groups is 1. The van der Waals surface area contributed by atoms with E-state index in [4.69, 9.17) is 9.72 Å². The molecule has 1 aliphatic carbocycles. The highest BCUT2D eigenvalue weighted by atomic mass is 32.2. The molecule has 2 amide bonds. The first-order valence-corrected chi connectivity index (χ1v) is 12.4. The number of pyridine rings is 1. The maximum atomic E-state index is 13.4. The Bertz CT molecular complexity index is 1360. The number of aromatic nitrogens is 1. The van der Waals surface area contributed by atoms with Crippen molar-refractivity contribution >= 4 is 40.2 Å². The molecule has 1 heterocycles. The molecule has 1 aliphatic rings. The van der Waals surface area contributed by atoms with Crippen molar-refractivity contribution in [2.45, 2.75) is 29.2 Å². The summed E-state index contributed by atoms with van der Waals surface area (Å²) >= 11 is 1.33. The Labute approximate surface area is 208 Å². The van der Waals surface area contributed by atoms with Crippen LogP contribution < -0.4 is 15.4 Å². The maximum Gasteiger partial charge on any atom is 0.252 e. The molecule has 1 aromatic heterocycles. The second kappa shape index (κ2) is 10.2.